The fourth-order valence-electron chi connectivity index (χ4n) is 2.60. The van der Waals surface area contributed by atoms with Crippen LogP contribution >= 0.6 is 11.6 Å². The number of rotatable bonds is 5. The van der Waals surface area contributed by atoms with Gasteiger partial charge in [-0.05, 0) is 24.2 Å². The largest absolute Gasteiger partial charge is 0.369 e. The molecule has 1 atom stereocenters. The fraction of sp³-hybridized carbons (Fsp3) is 0.533. The molecule has 1 fully saturated rings. The zero-order valence-corrected chi connectivity index (χ0v) is 12.6. The van der Waals surface area contributed by atoms with Gasteiger partial charge in [0.1, 0.15) is 0 Å². The van der Waals surface area contributed by atoms with Gasteiger partial charge in [-0.3, -0.25) is 9.69 Å². The quantitative estimate of drug-likeness (QED) is 0.896. The van der Waals surface area contributed by atoms with E-state index in [1.807, 2.05) is 24.3 Å². The molecule has 0 spiro atoms. The molecule has 2 N–H and O–H groups in total. The van der Waals surface area contributed by atoms with Crippen LogP contribution in [0.25, 0.3) is 0 Å². The highest BCUT2D eigenvalue weighted by atomic mass is 35.5. The molecule has 0 aromatic heterocycles. The van der Waals surface area contributed by atoms with E-state index < -0.39 is 0 Å². The lowest BCUT2D eigenvalue weighted by Gasteiger charge is -2.35. The van der Waals surface area contributed by atoms with Crippen molar-refractivity contribution in [2.45, 2.75) is 12.8 Å². The molecule has 0 aliphatic carbocycles. The molecule has 1 aromatic rings. The number of piperazine rings is 1. The van der Waals surface area contributed by atoms with E-state index in [1.165, 1.54) is 0 Å². The Morgan fingerprint density at radius 3 is 2.25 bits per heavy atom. The minimum Gasteiger partial charge on any atom is -0.369 e. The lowest BCUT2D eigenvalue weighted by atomic mass is 9.97. The zero-order chi connectivity index (χ0) is 14.5. The Kier molecular flexibility index (Phi) is 5.40. The van der Waals surface area contributed by atoms with Crippen molar-refractivity contribution in [3.8, 4) is 0 Å². The lowest BCUT2D eigenvalue weighted by molar-refractivity contribution is -0.120. The third-order valence-electron chi connectivity index (χ3n) is 3.97. The number of hydrogen-bond acceptors (Lipinski definition) is 3. The number of carbonyl (C=O) groups excluding carboxylic acids is 1. The minimum absolute atomic E-state index is 0.263. The van der Waals surface area contributed by atoms with E-state index in [4.69, 9.17) is 17.3 Å². The molecule has 1 amide bonds. The summed E-state index contributed by atoms with van der Waals surface area (Å²) in [6.07, 6.45) is 0. The SMILES string of the molecule is CCN1CCN(C[C@H](C(N)=O)c2ccc(Cl)cc2)CC1. The highest BCUT2D eigenvalue weighted by molar-refractivity contribution is 6.30. The van der Waals surface area contributed by atoms with Crippen LogP contribution in [-0.4, -0.2) is 55.0 Å². The molecule has 1 aliphatic heterocycles. The van der Waals surface area contributed by atoms with Crippen molar-refractivity contribution in [2.24, 2.45) is 5.73 Å². The van der Waals surface area contributed by atoms with Gasteiger partial charge in [0.2, 0.25) is 5.91 Å². The molecule has 1 aromatic carbocycles. The maximum atomic E-state index is 11.7. The van der Waals surface area contributed by atoms with Crippen LogP contribution in [0.3, 0.4) is 0 Å². The summed E-state index contributed by atoms with van der Waals surface area (Å²) in [5.41, 5.74) is 6.51. The summed E-state index contributed by atoms with van der Waals surface area (Å²) in [7, 11) is 0. The molecule has 110 valence electrons. The summed E-state index contributed by atoms with van der Waals surface area (Å²) < 4.78 is 0. The van der Waals surface area contributed by atoms with Crippen LogP contribution in [0.15, 0.2) is 24.3 Å². The van der Waals surface area contributed by atoms with Crippen molar-refractivity contribution >= 4 is 17.5 Å². The van der Waals surface area contributed by atoms with Crippen LogP contribution < -0.4 is 5.73 Å². The number of carbonyl (C=O) groups is 1. The lowest BCUT2D eigenvalue weighted by Crippen LogP contribution is -2.48. The van der Waals surface area contributed by atoms with Gasteiger partial charge in [-0.15, -0.1) is 0 Å². The standard InChI is InChI=1S/C15H22ClN3O/c1-2-18-7-9-19(10-8-18)11-14(15(17)20)12-3-5-13(16)6-4-12/h3-6,14H,2,7-11H2,1H3,(H2,17,20)/t14-/m0/s1. The van der Waals surface area contributed by atoms with Gasteiger partial charge in [0.25, 0.3) is 0 Å². The van der Waals surface area contributed by atoms with Gasteiger partial charge < -0.3 is 10.6 Å². The number of benzene rings is 1. The molecule has 1 aliphatic rings. The van der Waals surface area contributed by atoms with Gasteiger partial charge >= 0.3 is 0 Å². The molecule has 1 heterocycles. The van der Waals surface area contributed by atoms with E-state index in [9.17, 15) is 4.79 Å². The van der Waals surface area contributed by atoms with Crippen LogP contribution in [0, 0.1) is 0 Å². The molecule has 20 heavy (non-hydrogen) atoms. The second-order valence-corrected chi connectivity index (χ2v) is 5.68. The van der Waals surface area contributed by atoms with Crippen molar-refractivity contribution in [3.63, 3.8) is 0 Å². The highest BCUT2D eigenvalue weighted by Crippen LogP contribution is 2.20. The molecular formula is C15H22ClN3O. The van der Waals surface area contributed by atoms with Crippen molar-refractivity contribution in [3.05, 3.63) is 34.9 Å². The van der Waals surface area contributed by atoms with Crippen molar-refractivity contribution < 1.29 is 4.79 Å². The van der Waals surface area contributed by atoms with E-state index in [0.29, 0.717) is 11.6 Å². The average Bonchev–Trinajstić information content (AvgIpc) is 2.46. The van der Waals surface area contributed by atoms with E-state index >= 15 is 0 Å². The summed E-state index contributed by atoms with van der Waals surface area (Å²) in [4.78, 5) is 16.5. The smallest absolute Gasteiger partial charge is 0.226 e. The molecule has 1 saturated heterocycles. The van der Waals surface area contributed by atoms with E-state index in [2.05, 4.69) is 16.7 Å². The van der Waals surface area contributed by atoms with Crippen LogP contribution in [0.4, 0.5) is 0 Å². The number of likely N-dealkylation sites (N-methyl/N-ethyl adjacent to an activating group) is 1. The zero-order valence-electron chi connectivity index (χ0n) is 11.9. The topological polar surface area (TPSA) is 49.6 Å². The van der Waals surface area contributed by atoms with Gasteiger partial charge in [-0.2, -0.15) is 0 Å². The van der Waals surface area contributed by atoms with Gasteiger partial charge in [-0.25, -0.2) is 0 Å². The van der Waals surface area contributed by atoms with Gasteiger partial charge in [-0.1, -0.05) is 30.7 Å². The van der Waals surface area contributed by atoms with E-state index in [-0.39, 0.29) is 11.8 Å². The average molecular weight is 296 g/mol. The Bertz CT molecular complexity index is 441. The Labute approximate surface area is 125 Å². The van der Waals surface area contributed by atoms with Gasteiger partial charge in [0, 0.05) is 37.7 Å². The van der Waals surface area contributed by atoms with Gasteiger partial charge in [0.15, 0.2) is 0 Å². The molecular weight excluding hydrogens is 274 g/mol. The van der Waals surface area contributed by atoms with Crippen LogP contribution in [0.2, 0.25) is 5.02 Å². The van der Waals surface area contributed by atoms with Gasteiger partial charge in [0.05, 0.1) is 5.92 Å². The first-order valence-electron chi connectivity index (χ1n) is 7.09. The minimum atomic E-state index is -0.273. The van der Waals surface area contributed by atoms with Crippen molar-refractivity contribution in [2.75, 3.05) is 39.3 Å². The Morgan fingerprint density at radius 2 is 1.75 bits per heavy atom. The fourth-order valence-corrected chi connectivity index (χ4v) is 2.73. The van der Waals surface area contributed by atoms with Crippen LogP contribution in [-0.2, 0) is 4.79 Å². The maximum absolute atomic E-state index is 11.7. The molecule has 0 saturated carbocycles. The first kappa shape index (κ1) is 15.3. The molecule has 0 unspecified atom stereocenters. The number of hydrogen-bond donors (Lipinski definition) is 1. The number of primary amides is 1. The third-order valence-corrected chi connectivity index (χ3v) is 4.22. The molecule has 0 bridgehead atoms. The molecule has 2 rings (SSSR count). The first-order valence-corrected chi connectivity index (χ1v) is 7.47. The Hall–Kier alpha value is -1.10. The maximum Gasteiger partial charge on any atom is 0.226 e. The van der Waals surface area contributed by atoms with Crippen molar-refractivity contribution in [1.82, 2.24) is 9.80 Å². The van der Waals surface area contributed by atoms with Crippen molar-refractivity contribution in [1.29, 1.82) is 0 Å². The summed E-state index contributed by atoms with van der Waals surface area (Å²) in [5, 5.41) is 0.675. The number of amides is 1. The Balaban J connectivity index is 2.00. The predicted octanol–water partition coefficient (Wildman–Crippen LogP) is 1.55. The predicted molar refractivity (Wildman–Crippen MR) is 81.9 cm³/mol. The van der Waals surface area contributed by atoms with Crippen LogP contribution in [0.5, 0.6) is 0 Å². The third kappa shape index (κ3) is 3.95. The summed E-state index contributed by atoms with van der Waals surface area (Å²) in [6.45, 7) is 8.05. The normalized spacial score (nSPS) is 18.9. The molecule has 5 heteroatoms. The summed E-state index contributed by atoms with van der Waals surface area (Å²) >= 11 is 5.89. The second-order valence-electron chi connectivity index (χ2n) is 5.24. The number of nitrogens with two attached hydrogens (primary N) is 1. The Morgan fingerprint density at radius 1 is 1.20 bits per heavy atom. The number of nitrogens with zero attached hydrogens (tertiary/aromatic N) is 2. The monoisotopic (exact) mass is 295 g/mol. The summed E-state index contributed by atoms with van der Waals surface area (Å²) in [5.74, 6) is -0.536. The molecule has 4 nitrogen and oxygen atoms in total. The van der Waals surface area contributed by atoms with Crippen LogP contribution in [0.1, 0.15) is 18.4 Å². The second kappa shape index (κ2) is 7.07. The highest BCUT2D eigenvalue weighted by Gasteiger charge is 2.23. The van der Waals surface area contributed by atoms with E-state index in [1.54, 1.807) is 0 Å². The first-order chi connectivity index (χ1) is 9.60. The van der Waals surface area contributed by atoms with E-state index in [0.717, 1.165) is 38.3 Å². The number of halogens is 1. The summed E-state index contributed by atoms with van der Waals surface area (Å²) in [6, 6.07) is 7.39. The molecule has 0 radical (unpaired) electrons.